The van der Waals surface area contributed by atoms with Crippen molar-refractivity contribution in [3.63, 3.8) is 0 Å². The van der Waals surface area contributed by atoms with E-state index in [0.29, 0.717) is 18.6 Å². The van der Waals surface area contributed by atoms with Gasteiger partial charge in [0.05, 0.1) is 0 Å². The third-order valence-corrected chi connectivity index (χ3v) is 8.92. The van der Waals surface area contributed by atoms with Crippen molar-refractivity contribution in [2.24, 2.45) is 5.73 Å². The maximum Gasteiger partial charge on any atom is 0.261 e. The van der Waals surface area contributed by atoms with Crippen LogP contribution in [-0.4, -0.2) is 24.0 Å². The quantitative estimate of drug-likeness (QED) is 0.0816. The van der Waals surface area contributed by atoms with E-state index in [1.54, 1.807) is 0 Å². The third kappa shape index (κ3) is 21.6. The summed E-state index contributed by atoms with van der Waals surface area (Å²) in [6.45, 7) is 6.46. The highest BCUT2D eigenvalue weighted by Gasteiger charge is 2.24. The number of carbonyl (C=O) groups is 2. The summed E-state index contributed by atoms with van der Waals surface area (Å²) in [7, 11) is 0. The number of carbonyl (C=O) groups excluding carboxylic acids is 2. The van der Waals surface area contributed by atoms with Gasteiger partial charge in [-0.2, -0.15) is 0 Å². The summed E-state index contributed by atoms with van der Waals surface area (Å²) in [6, 6.07) is 7.49. The molecule has 0 heterocycles. The number of unbranched alkanes of at least 4 members (excludes halogenated alkanes) is 21. The van der Waals surface area contributed by atoms with Crippen molar-refractivity contribution >= 4 is 11.8 Å². The highest BCUT2D eigenvalue weighted by atomic mass is 16.5. The number of nitrogens with two attached hydrogens (primary N) is 1. The number of nitrogens with one attached hydrogen (secondary N) is 1. The minimum absolute atomic E-state index is 0.259. The summed E-state index contributed by atoms with van der Waals surface area (Å²) >= 11 is 0. The predicted octanol–water partition coefficient (Wildman–Crippen LogP) is 10.8. The van der Waals surface area contributed by atoms with Gasteiger partial charge in [0.1, 0.15) is 11.8 Å². The maximum absolute atomic E-state index is 13.0. The van der Waals surface area contributed by atoms with Gasteiger partial charge < -0.3 is 15.8 Å². The second kappa shape index (κ2) is 28.4. The number of ether oxygens (including phenoxy) is 1. The molecule has 2 atom stereocenters. The lowest BCUT2D eigenvalue weighted by molar-refractivity contribution is -0.132. The summed E-state index contributed by atoms with van der Waals surface area (Å²) in [4.78, 5) is 25.1. The van der Waals surface area contributed by atoms with Crippen LogP contribution in [0.2, 0.25) is 0 Å². The van der Waals surface area contributed by atoms with Crippen molar-refractivity contribution < 1.29 is 14.3 Å². The van der Waals surface area contributed by atoms with E-state index in [9.17, 15) is 9.59 Å². The molecule has 0 fully saturated rings. The number of aryl methyl sites for hydroxylation is 1. The Balaban J connectivity index is 2.28. The molecule has 0 aromatic heterocycles. The number of amides is 2. The van der Waals surface area contributed by atoms with Crippen molar-refractivity contribution in [2.75, 3.05) is 0 Å². The Morgan fingerprint density at radius 1 is 0.659 bits per heavy atom. The average molecular weight is 615 g/mol. The fraction of sp³-hybridized carbons (Fsp3) is 0.795. The minimum atomic E-state index is -0.643. The van der Waals surface area contributed by atoms with Crippen molar-refractivity contribution in [1.82, 2.24) is 5.32 Å². The monoisotopic (exact) mass is 615 g/mol. The van der Waals surface area contributed by atoms with E-state index in [2.05, 4.69) is 31.3 Å². The Morgan fingerprint density at radius 2 is 1.11 bits per heavy atom. The van der Waals surface area contributed by atoms with Crippen molar-refractivity contribution in [2.45, 2.75) is 200 Å². The Morgan fingerprint density at radius 3 is 1.57 bits per heavy atom. The lowest BCUT2D eigenvalue weighted by atomic mass is 10.0. The van der Waals surface area contributed by atoms with Gasteiger partial charge >= 0.3 is 0 Å². The van der Waals surface area contributed by atoms with Crippen molar-refractivity contribution in [3.8, 4) is 5.75 Å². The molecule has 2 amide bonds. The normalized spacial score (nSPS) is 12.6. The predicted molar refractivity (Wildman–Crippen MR) is 188 cm³/mol. The van der Waals surface area contributed by atoms with Gasteiger partial charge in [-0.1, -0.05) is 174 Å². The summed E-state index contributed by atoms with van der Waals surface area (Å²) in [5.41, 5.74) is 6.89. The van der Waals surface area contributed by atoms with Gasteiger partial charge in [0.2, 0.25) is 5.91 Å². The third-order valence-electron chi connectivity index (χ3n) is 8.92. The van der Waals surface area contributed by atoms with Crippen LogP contribution in [-0.2, 0) is 16.0 Å². The van der Waals surface area contributed by atoms with Crippen molar-refractivity contribution in [3.05, 3.63) is 29.8 Å². The highest BCUT2D eigenvalue weighted by Crippen LogP contribution is 2.19. The molecule has 0 aliphatic carbocycles. The topological polar surface area (TPSA) is 81.4 Å². The second-order valence-corrected chi connectivity index (χ2v) is 13.1. The molecule has 0 bridgehead atoms. The summed E-state index contributed by atoms with van der Waals surface area (Å²) < 4.78 is 6.11. The number of primary amides is 1. The zero-order valence-corrected chi connectivity index (χ0v) is 29.2. The molecule has 1 aromatic rings. The van der Waals surface area contributed by atoms with Crippen LogP contribution in [0.4, 0.5) is 0 Å². The van der Waals surface area contributed by atoms with Gasteiger partial charge in [-0.25, -0.2) is 0 Å². The van der Waals surface area contributed by atoms with E-state index in [4.69, 9.17) is 10.5 Å². The van der Waals surface area contributed by atoms with Gasteiger partial charge in [0.25, 0.3) is 5.91 Å². The molecular weight excluding hydrogens is 544 g/mol. The number of benzene rings is 1. The van der Waals surface area contributed by atoms with Crippen LogP contribution in [0.5, 0.6) is 5.75 Å². The molecular formula is C39H70N2O3. The fourth-order valence-electron chi connectivity index (χ4n) is 5.99. The number of hydrogen-bond acceptors (Lipinski definition) is 3. The Hall–Kier alpha value is -2.04. The Kier molecular flexibility index (Phi) is 25.8. The van der Waals surface area contributed by atoms with Crippen LogP contribution in [0.25, 0.3) is 0 Å². The molecule has 0 spiro atoms. The SMILES string of the molecule is CCCCCCCCCCCCCCCc1cccc(OC(CC)C(=O)NC(CCCCCCCCCCCC)C(N)=O)c1. The molecule has 3 N–H and O–H groups in total. The van der Waals surface area contributed by atoms with E-state index in [1.807, 2.05) is 19.1 Å². The van der Waals surface area contributed by atoms with Crippen molar-refractivity contribution in [1.29, 1.82) is 0 Å². The first-order chi connectivity index (χ1) is 21.5. The van der Waals surface area contributed by atoms with Crippen LogP contribution in [0.15, 0.2) is 24.3 Å². The smallest absolute Gasteiger partial charge is 0.261 e. The summed E-state index contributed by atoms with van der Waals surface area (Å²) in [6.07, 6.45) is 31.4. The number of rotatable bonds is 31. The van der Waals surface area contributed by atoms with Gasteiger partial charge in [-0.05, 0) is 43.4 Å². The molecule has 0 aliphatic rings. The molecule has 0 aliphatic heterocycles. The zero-order valence-electron chi connectivity index (χ0n) is 29.2. The van der Waals surface area contributed by atoms with Crippen LogP contribution in [0.1, 0.15) is 187 Å². The summed E-state index contributed by atoms with van der Waals surface area (Å²) in [5.74, 6) is -0.0151. The van der Waals surface area contributed by atoms with Gasteiger partial charge in [-0.3, -0.25) is 9.59 Å². The van der Waals surface area contributed by atoms with E-state index >= 15 is 0 Å². The highest BCUT2D eigenvalue weighted by molar-refractivity contribution is 5.88. The van der Waals surface area contributed by atoms with Crippen LogP contribution in [0.3, 0.4) is 0 Å². The Labute approximate surface area is 272 Å². The molecule has 5 heteroatoms. The lowest BCUT2D eigenvalue weighted by Crippen LogP contribution is -2.49. The zero-order chi connectivity index (χ0) is 32.1. The molecule has 0 saturated heterocycles. The molecule has 0 saturated carbocycles. The molecule has 254 valence electrons. The van der Waals surface area contributed by atoms with E-state index in [1.165, 1.54) is 140 Å². The molecule has 44 heavy (non-hydrogen) atoms. The van der Waals surface area contributed by atoms with Crippen LogP contribution in [0, 0.1) is 0 Å². The van der Waals surface area contributed by atoms with Gasteiger partial charge in [0, 0.05) is 0 Å². The van der Waals surface area contributed by atoms with E-state index < -0.39 is 18.1 Å². The largest absolute Gasteiger partial charge is 0.481 e. The summed E-state index contributed by atoms with van der Waals surface area (Å²) in [5, 5.41) is 2.87. The van der Waals surface area contributed by atoms with E-state index in [0.717, 1.165) is 19.3 Å². The standard InChI is InChI=1S/C39H70N2O3/c1-4-7-9-11-13-15-17-18-19-20-22-24-26-29-34-30-28-31-35(33-34)44-37(6-3)39(43)41-36(38(40)42)32-27-25-23-21-16-14-12-10-8-5-2/h28,30-31,33,36-37H,4-27,29,32H2,1-3H3,(H2,40,42)(H,41,43). The molecule has 0 radical (unpaired) electrons. The van der Waals surface area contributed by atoms with Crippen LogP contribution < -0.4 is 15.8 Å². The maximum atomic E-state index is 13.0. The minimum Gasteiger partial charge on any atom is -0.481 e. The first-order valence-electron chi connectivity index (χ1n) is 18.9. The lowest BCUT2D eigenvalue weighted by Gasteiger charge is -2.21. The van der Waals surface area contributed by atoms with E-state index in [-0.39, 0.29) is 5.91 Å². The molecule has 1 aromatic carbocycles. The van der Waals surface area contributed by atoms with Crippen LogP contribution >= 0.6 is 0 Å². The van der Waals surface area contributed by atoms with Gasteiger partial charge in [0.15, 0.2) is 6.10 Å². The van der Waals surface area contributed by atoms with Gasteiger partial charge in [-0.15, -0.1) is 0 Å². The molecule has 2 unspecified atom stereocenters. The fourth-order valence-corrected chi connectivity index (χ4v) is 5.99. The average Bonchev–Trinajstić information content (AvgIpc) is 3.02. The molecule has 1 rings (SSSR count). The Bertz CT molecular complexity index is 827. The number of hydrogen-bond donors (Lipinski definition) is 2. The second-order valence-electron chi connectivity index (χ2n) is 13.1. The first kappa shape index (κ1) is 40.0. The first-order valence-corrected chi connectivity index (χ1v) is 18.9. The molecule has 5 nitrogen and oxygen atoms in total.